The highest BCUT2D eigenvalue weighted by atomic mass is 19.4. The Morgan fingerprint density at radius 1 is 1.32 bits per heavy atom. The number of rotatable bonds is 6. The first-order valence-corrected chi connectivity index (χ1v) is 5.89. The number of hydrogen-bond acceptors (Lipinski definition) is 2. The molecule has 0 radical (unpaired) electrons. The number of hydrogen-bond donors (Lipinski definition) is 0. The largest absolute Gasteiger partial charge is 0.401 e. The molecule has 106 valence electrons. The summed E-state index contributed by atoms with van der Waals surface area (Å²) in [6.45, 7) is 0.398. The summed E-state index contributed by atoms with van der Waals surface area (Å²) in [5.74, 6) is -1.10. The first-order valence-electron chi connectivity index (χ1n) is 5.89. The molecule has 1 aromatic carbocycles. The van der Waals surface area contributed by atoms with Crippen LogP contribution in [-0.4, -0.2) is 36.5 Å². The van der Waals surface area contributed by atoms with Crippen LogP contribution in [-0.2, 0) is 0 Å². The molecular weight excluding hydrogens is 262 g/mol. The van der Waals surface area contributed by atoms with Crippen molar-refractivity contribution in [2.75, 3.05) is 19.6 Å². The van der Waals surface area contributed by atoms with E-state index in [-0.39, 0.29) is 18.7 Å². The molecule has 0 amide bonds. The van der Waals surface area contributed by atoms with Crippen molar-refractivity contribution >= 4 is 5.78 Å². The lowest BCUT2D eigenvalue weighted by molar-refractivity contribution is -0.144. The lowest BCUT2D eigenvalue weighted by atomic mass is 10.1. The van der Waals surface area contributed by atoms with Gasteiger partial charge in [0, 0.05) is 5.56 Å². The first kappa shape index (κ1) is 15.6. The maximum Gasteiger partial charge on any atom is 0.401 e. The minimum absolute atomic E-state index is 0.0864. The Morgan fingerprint density at radius 2 is 2.00 bits per heavy atom. The van der Waals surface area contributed by atoms with Gasteiger partial charge in [-0.05, 0) is 25.1 Å². The van der Waals surface area contributed by atoms with Crippen LogP contribution >= 0.6 is 0 Å². The highest BCUT2D eigenvalue weighted by Crippen LogP contribution is 2.17. The maximum absolute atomic E-state index is 12.9. The number of benzene rings is 1. The fourth-order valence-corrected chi connectivity index (χ4v) is 1.74. The molecular formula is C13H15F4NO. The summed E-state index contributed by atoms with van der Waals surface area (Å²) in [5.41, 5.74) is 0.0864. The molecule has 0 fully saturated rings. The fourth-order valence-electron chi connectivity index (χ4n) is 1.74. The molecule has 0 N–H and O–H groups in total. The van der Waals surface area contributed by atoms with Crippen LogP contribution in [0.3, 0.4) is 0 Å². The normalized spacial score (nSPS) is 11.9. The third kappa shape index (κ3) is 5.83. The van der Waals surface area contributed by atoms with Gasteiger partial charge in [-0.3, -0.25) is 9.69 Å². The molecule has 19 heavy (non-hydrogen) atoms. The van der Waals surface area contributed by atoms with E-state index in [0.717, 1.165) is 11.0 Å². The summed E-state index contributed by atoms with van der Waals surface area (Å²) >= 11 is 0. The summed E-state index contributed by atoms with van der Waals surface area (Å²) in [5, 5.41) is 0. The van der Waals surface area contributed by atoms with Gasteiger partial charge in [-0.15, -0.1) is 0 Å². The average Bonchev–Trinajstić information content (AvgIpc) is 2.27. The molecule has 0 bridgehead atoms. The number of carbonyl (C=O) groups is 1. The molecule has 1 rings (SSSR count). The lowest BCUT2D eigenvalue weighted by Crippen LogP contribution is -2.38. The van der Waals surface area contributed by atoms with Crippen LogP contribution in [0.2, 0.25) is 0 Å². The number of halogens is 4. The Morgan fingerprint density at radius 3 is 2.53 bits per heavy atom. The third-order valence-electron chi connectivity index (χ3n) is 2.46. The highest BCUT2D eigenvalue weighted by molar-refractivity contribution is 5.97. The number of carbonyl (C=O) groups excluding carboxylic acids is 1. The molecule has 0 aromatic heterocycles. The van der Waals surface area contributed by atoms with Crippen LogP contribution in [0.1, 0.15) is 23.7 Å². The van der Waals surface area contributed by atoms with Crippen LogP contribution in [0.25, 0.3) is 0 Å². The Hall–Kier alpha value is -1.43. The molecule has 0 aliphatic heterocycles. The van der Waals surface area contributed by atoms with Gasteiger partial charge in [-0.2, -0.15) is 13.2 Å². The molecule has 6 heteroatoms. The van der Waals surface area contributed by atoms with Gasteiger partial charge in [0.05, 0.1) is 13.1 Å². The van der Waals surface area contributed by atoms with Crippen molar-refractivity contribution in [1.29, 1.82) is 0 Å². The van der Waals surface area contributed by atoms with Crippen LogP contribution in [0.15, 0.2) is 24.3 Å². The van der Waals surface area contributed by atoms with E-state index in [4.69, 9.17) is 0 Å². The Kier molecular flexibility index (Phi) is 5.47. The summed E-state index contributed by atoms with van der Waals surface area (Å²) in [7, 11) is 0. The highest BCUT2D eigenvalue weighted by Gasteiger charge is 2.31. The molecule has 0 saturated carbocycles. The number of nitrogens with zero attached hydrogens (tertiary/aromatic N) is 1. The molecule has 0 aliphatic carbocycles. The third-order valence-corrected chi connectivity index (χ3v) is 2.46. The molecule has 0 heterocycles. The summed E-state index contributed by atoms with van der Waals surface area (Å²) in [6, 6.07) is 4.95. The predicted molar refractivity (Wildman–Crippen MR) is 63.5 cm³/mol. The average molecular weight is 277 g/mol. The van der Waals surface area contributed by atoms with Gasteiger partial charge in [0.2, 0.25) is 0 Å². The van der Waals surface area contributed by atoms with Crippen molar-refractivity contribution in [1.82, 2.24) is 4.90 Å². The molecule has 2 nitrogen and oxygen atoms in total. The quantitative estimate of drug-likeness (QED) is 0.587. The second-order valence-corrected chi connectivity index (χ2v) is 4.26. The van der Waals surface area contributed by atoms with Crippen molar-refractivity contribution in [2.24, 2.45) is 0 Å². The van der Waals surface area contributed by atoms with Gasteiger partial charge < -0.3 is 0 Å². The van der Waals surface area contributed by atoms with Crippen LogP contribution < -0.4 is 0 Å². The summed E-state index contributed by atoms with van der Waals surface area (Å²) in [6.07, 6.45) is -3.84. The maximum atomic E-state index is 12.9. The molecule has 0 saturated heterocycles. The molecule has 0 unspecified atom stereocenters. The monoisotopic (exact) mass is 277 g/mol. The van der Waals surface area contributed by atoms with E-state index < -0.39 is 24.3 Å². The second-order valence-electron chi connectivity index (χ2n) is 4.26. The number of ketones is 1. The van der Waals surface area contributed by atoms with Crippen LogP contribution in [0.4, 0.5) is 17.6 Å². The molecule has 0 spiro atoms. The zero-order valence-electron chi connectivity index (χ0n) is 10.5. The van der Waals surface area contributed by atoms with Crippen molar-refractivity contribution < 1.29 is 22.4 Å². The van der Waals surface area contributed by atoms with Gasteiger partial charge >= 0.3 is 6.18 Å². The van der Waals surface area contributed by atoms with E-state index in [0.29, 0.717) is 6.42 Å². The van der Waals surface area contributed by atoms with Crippen molar-refractivity contribution in [2.45, 2.75) is 19.5 Å². The Labute approximate surface area is 109 Å². The van der Waals surface area contributed by atoms with Gasteiger partial charge in [-0.25, -0.2) is 4.39 Å². The van der Waals surface area contributed by atoms with E-state index in [1.54, 1.807) is 6.92 Å². The predicted octanol–water partition coefficient (Wildman–Crippen LogP) is 3.28. The standard InChI is InChI=1S/C13H15F4NO/c1-2-6-18(9-13(15,16)17)8-12(19)10-4-3-5-11(14)7-10/h3-5,7H,2,6,8-9H2,1H3. The number of Topliss-reactive ketones (excluding diaryl/α,β-unsaturated/α-hetero) is 1. The lowest BCUT2D eigenvalue weighted by Gasteiger charge is -2.22. The second kappa shape index (κ2) is 6.65. The smallest absolute Gasteiger partial charge is 0.293 e. The fraction of sp³-hybridized carbons (Fsp3) is 0.462. The van der Waals surface area contributed by atoms with Crippen LogP contribution in [0.5, 0.6) is 0 Å². The van der Waals surface area contributed by atoms with Crippen molar-refractivity contribution in [3.63, 3.8) is 0 Å². The van der Waals surface area contributed by atoms with E-state index in [1.165, 1.54) is 18.2 Å². The summed E-state index contributed by atoms with van der Waals surface area (Å²) in [4.78, 5) is 12.8. The SMILES string of the molecule is CCCN(CC(=O)c1cccc(F)c1)CC(F)(F)F. The molecule has 0 atom stereocenters. The van der Waals surface area contributed by atoms with Gasteiger partial charge in [0.1, 0.15) is 5.82 Å². The van der Waals surface area contributed by atoms with E-state index in [1.807, 2.05) is 0 Å². The van der Waals surface area contributed by atoms with E-state index in [9.17, 15) is 22.4 Å². The Bertz CT molecular complexity index is 431. The minimum Gasteiger partial charge on any atom is -0.293 e. The minimum atomic E-state index is -4.35. The number of alkyl halides is 3. The van der Waals surface area contributed by atoms with Crippen LogP contribution in [0, 0.1) is 5.82 Å². The van der Waals surface area contributed by atoms with Gasteiger partial charge in [0.25, 0.3) is 0 Å². The van der Waals surface area contributed by atoms with Crippen molar-refractivity contribution in [3.8, 4) is 0 Å². The Balaban J connectivity index is 2.71. The first-order chi connectivity index (χ1) is 8.81. The molecule has 1 aromatic rings. The van der Waals surface area contributed by atoms with Gasteiger partial charge in [-0.1, -0.05) is 19.1 Å². The van der Waals surface area contributed by atoms with Gasteiger partial charge in [0.15, 0.2) is 5.78 Å². The van der Waals surface area contributed by atoms with E-state index >= 15 is 0 Å². The zero-order valence-corrected chi connectivity index (χ0v) is 10.5. The summed E-state index contributed by atoms with van der Waals surface area (Å²) < 4.78 is 49.9. The van der Waals surface area contributed by atoms with E-state index in [2.05, 4.69) is 0 Å². The molecule has 0 aliphatic rings. The topological polar surface area (TPSA) is 20.3 Å². The van der Waals surface area contributed by atoms with Crippen molar-refractivity contribution in [3.05, 3.63) is 35.6 Å². The zero-order chi connectivity index (χ0) is 14.5.